The molecule has 3 rings (SSSR count). The van der Waals surface area contributed by atoms with Crippen LogP contribution in [-0.2, 0) is 10.0 Å². The Labute approximate surface area is 146 Å². The molecule has 0 bridgehead atoms. The van der Waals surface area contributed by atoms with Crippen molar-refractivity contribution in [3.8, 4) is 5.69 Å². The highest BCUT2D eigenvalue weighted by Crippen LogP contribution is 2.47. The Balaban J connectivity index is 2.13. The number of hydrogen-bond donors (Lipinski definition) is 1. The zero-order valence-electron chi connectivity index (χ0n) is 14.0. The molecule has 0 fully saturated rings. The summed E-state index contributed by atoms with van der Waals surface area (Å²) in [5, 5.41) is 11.1. The van der Waals surface area contributed by atoms with Gasteiger partial charge in [-0.2, -0.15) is 5.10 Å². The maximum Gasteiger partial charge on any atom is 0.238 e. The van der Waals surface area contributed by atoms with Crippen molar-refractivity contribution in [2.45, 2.75) is 37.8 Å². The van der Waals surface area contributed by atoms with E-state index in [2.05, 4.69) is 23.9 Å². The lowest BCUT2D eigenvalue weighted by Gasteiger charge is -2.24. The van der Waals surface area contributed by atoms with Crippen LogP contribution in [0.2, 0.25) is 0 Å². The molecule has 0 radical (unpaired) electrons. The van der Waals surface area contributed by atoms with Crippen molar-refractivity contribution in [2.75, 3.05) is 0 Å². The van der Waals surface area contributed by atoms with Crippen LogP contribution in [0.3, 0.4) is 0 Å². The smallest absolute Gasteiger partial charge is 0.227 e. The van der Waals surface area contributed by atoms with Gasteiger partial charge in [-0.25, -0.2) is 23.2 Å². The molecule has 128 valence electrons. The summed E-state index contributed by atoms with van der Waals surface area (Å²) in [6.07, 6.45) is 0. The summed E-state index contributed by atoms with van der Waals surface area (Å²) in [6, 6.07) is 6.37. The molecule has 2 aromatic rings. The van der Waals surface area contributed by atoms with Gasteiger partial charge in [0.15, 0.2) is 5.82 Å². The van der Waals surface area contributed by atoms with Crippen molar-refractivity contribution in [3.05, 3.63) is 35.5 Å². The number of aromatic nitrogens is 2. The van der Waals surface area contributed by atoms with Gasteiger partial charge in [0.25, 0.3) is 0 Å². The zero-order valence-corrected chi connectivity index (χ0v) is 15.6. The number of nitrogens with zero attached hydrogens (tertiary/aromatic N) is 3. The number of thioether (sulfide) groups is 1. The summed E-state index contributed by atoms with van der Waals surface area (Å²) >= 11 is 1.77. The van der Waals surface area contributed by atoms with Crippen molar-refractivity contribution in [1.29, 1.82) is 0 Å². The predicted octanol–water partition coefficient (Wildman–Crippen LogP) is 3.32. The zero-order chi connectivity index (χ0) is 17.6. The third kappa shape index (κ3) is 3.01. The Morgan fingerprint density at radius 2 is 1.83 bits per heavy atom. The third-order valence-corrected chi connectivity index (χ3v) is 6.34. The average Bonchev–Trinajstić information content (AvgIpc) is 2.82. The molecule has 0 spiro atoms. The van der Waals surface area contributed by atoms with Gasteiger partial charge in [0.1, 0.15) is 0 Å². The van der Waals surface area contributed by atoms with E-state index in [-0.39, 0.29) is 4.90 Å². The van der Waals surface area contributed by atoms with Gasteiger partial charge in [0.2, 0.25) is 10.0 Å². The number of nitrogens with two attached hydrogens (primary N) is 1. The number of sulfonamides is 1. The number of benzene rings is 1. The molecular weight excluding hydrogens is 344 g/mol. The van der Waals surface area contributed by atoms with Crippen LogP contribution in [0.4, 0.5) is 5.82 Å². The van der Waals surface area contributed by atoms with E-state index in [1.165, 1.54) is 12.1 Å². The Bertz CT molecular complexity index is 912. The van der Waals surface area contributed by atoms with E-state index in [1.54, 1.807) is 28.6 Å². The minimum absolute atomic E-state index is 0.0827. The summed E-state index contributed by atoms with van der Waals surface area (Å²) < 4.78 is 24.6. The molecule has 0 aliphatic carbocycles. The van der Waals surface area contributed by atoms with Crippen molar-refractivity contribution >= 4 is 32.6 Å². The minimum Gasteiger partial charge on any atom is -0.227 e. The molecule has 1 aliphatic rings. The van der Waals surface area contributed by atoms with Gasteiger partial charge in [-0.05, 0) is 44.0 Å². The second-order valence-electron chi connectivity index (χ2n) is 6.19. The van der Waals surface area contributed by atoms with E-state index < -0.39 is 10.0 Å². The molecule has 1 aliphatic heterocycles. The van der Waals surface area contributed by atoms with Gasteiger partial charge in [-0.3, -0.25) is 0 Å². The fourth-order valence-corrected chi connectivity index (χ4v) is 4.50. The van der Waals surface area contributed by atoms with Crippen molar-refractivity contribution in [3.63, 3.8) is 0 Å². The lowest BCUT2D eigenvalue weighted by Crippen LogP contribution is -2.12. The highest BCUT2D eigenvalue weighted by Gasteiger charge is 2.30. The molecule has 0 amide bonds. The largest absolute Gasteiger partial charge is 0.238 e. The van der Waals surface area contributed by atoms with Crippen LogP contribution >= 0.6 is 11.8 Å². The maximum absolute atomic E-state index is 11.4. The highest BCUT2D eigenvalue weighted by atomic mass is 32.2. The third-order valence-electron chi connectivity index (χ3n) is 3.94. The monoisotopic (exact) mass is 364 g/mol. The number of hydrogen-bond acceptors (Lipinski definition) is 5. The lowest BCUT2D eigenvalue weighted by atomic mass is 10.0. The van der Waals surface area contributed by atoms with Crippen LogP contribution in [0.15, 0.2) is 34.2 Å². The Kier molecular flexibility index (Phi) is 4.31. The summed E-state index contributed by atoms with van der Waals surface area (Å²) in [4.78, 5) is 4.77. The number of rotatable bonds is 3. The molecule has 0 unspecified atom stereocenters. The summed E-state index contributed by atoms with van der Waals surface area (Å²) in [6.45, 7) is 8.37. The van der Waals surface area contributed by atoms with Gasteiger partial charge in [0.05, 0.1) is 21.3 Å². The van der Waals surface area contributed by atoms with Crippen LogP contribution in [0.1, 0.15) is 37.3 Å². The van der Waals surface area contributed by atoms with E-state index in [9.17, 15) is 8.42 Å². The normalized spacial score (nSPS) is 17.8. The van der Waals surface area contributed by atoms with Gasteiger partial charge in [0, 0.05) is 10.8 Å². The van der Waals surface area contributed by atoms with Crippen LogP contribution in [0.25, 0.3) is 5.69 Å². The van der Waals surface area contributed by atoms with Crippen LogP contribution in [0, 0.1) is 12.8 Å². The summed E-state index contributed by atoms with van der Waals surface area (Å²) in [5.74, 6) is 1.28. The molecular formula is C16H20N4O2S2. The molecule has 1 aromatic carbocycles. The average molecular weight is 364 g/mol. The topological polar surface area (TPSA) is 90.3 Å². The SMILES string of the molecule is CC1=Nc2c(c(C)nn2-c2ccc(S(N)(=O)=O)cc2)[C@@H](C(C)C)S1. The number of aryl methyl sites for hydroxylation is 1. The Morgan fingerprint density at radius 3 is 2.38 bits per heavy atom. The fourth-order valence-electron chi connectivity index (χ4n) is 2.81. The van der Waals surface area contributed by atoms with E-state index in [0.717, 1.165) is 27.8 Å². The number of aliphatic imine (C=N–C) groups is 1. The first kappa shape index (κ1) is 17.2. The predicted molar refractivity (Wildman–Crippen MR) is 97.6 cm³/mol. The van der Waals surface area contributed by atoms with E-state index in [4.69, 9.17) is 5.14 Å². The summed E-state index contributed by atoms with van der Waals surface area (Å²) in [7, 11) is -3.70. The second kappa shape index (κ2) is 6.02. The van der Waals surface area contributed by atoms with Gasteiger partial charge in [-0.15, -0.1) is 11.8 Å². The lowest BCUT2D eigenvalue weighted by molar-refractivity contribution is 0.598. The second-order valence-corrected chi connectivity index (χ2v) is 9.08. The first-order valence-corrected chi connectivity index (χ1v) is 10.1. The van der Waals surface area contributed by atoms with E-state index in [1.807, 2.05) is 13.8 Å². The Morgan fingerprint density at radius 1 is 1.21 bits per heavy atom. The molecule has 8 heteroatoms. The van der Waals surface area contributed by atoms with E-state index in [0.29, 0.717) is 11.2 Å². The van der Waals surface area contributed by atoms with Crippen LogP contribution < -0.4 is 5.14 Å². The van der Waals surface area contributed by atoms with Crippen molar-refractivity contribution < 1.29 is 8.42 Å². The molecule has 6 nitrogen and oxygen atoms in total. The highest BCUT2D eigenvalue weighted by molar-refractivity contribution is 8.14. The first-order valence-electron chi connectivity index (χ1n) is 7.63. The molecule has 1 atom stereocenters. The van der Waals surface area contributed by atoms with E-state index >= 15 is 0 Å². The van der Waals surface area contributed by atoms with Gasteiger partial charge in [-0.1, -0.05) is 13.8 Å². The number of fused-ring (bicyclic) bond motifs is 1. The first-order chi connectivity index (χ1) is 11.2. The standard InChI is InChI=1S/C16H20N4O2S2/c1-9(2)15-14-10(3)19-20(16(14)18-11(4)23-15)12-5-7-13(8-6-12)24(17,21)22/h5-9,15H,1-4H3,(H2,17,21,22)/t15-/m1/s1. The molecule has 2 heterocycles. The summed E-state index contributed by atoms with van der Waals surface area (Å²) in [5.41, 5.74) is 2.86. The van der Waals surface area contributed by atoms with Crippen molar-refractivity contribution in [2.24, 2.45) is 16.0 Å². The fraction of sp³-hybridized carbons (Fsp3) is 0.375. The van der Waals surface area contributed by atoms with Crippen molar-refractivity contribution in [1.82, 2.24) is 9.78 Å². The van der Waals surface area contributed by atoms with Crippen LogP contribution in [-0.4, -0.2) is 23.2 Å². The molecule has 1 aromatic heterocycles. The molecule has 2 N–H and O–H groups in total. The Hall–Kier alpha value is -1.64. The molecule has 24 heavy (non-hydrogen) atoms. The minimum atomic E-state index is -3.70. The van der Waals surface area contributed by atoms with Gasteiger partial charge >= 0.3 is 0 Å². The number of primary sulfonamides is 1. The molecule has 0 saturated heterocycles. The molecule has 0 saturated carbocycles. The quantitative estimate of drug-likeness (QED) is 0.904. The van der Waals surface area contributed by atoms with Gasteiger partial charge < -0.3 is 0 Å². The maximum atomic E-state index is 11.4. The van der Waals surface area contributed by atoms with Crippen LogP contribution in [0.5, 0.6) is 0 Å².